The van der Waals surface area contributed by atoms with Gasteiger partial charge in [-0.05, 0) is 39.8 Å². The Kier molecular flexibility index (Phi) is 4.56. The van der Waals surface area contributed by atoms with E-state index in [0.29, 0.717) is 6.61 Å². The Labute approximate surface area is 120 Å². The summed E-state index contributed by atoms with van der Waals surface area (Å²) in [5, 5.41) is 3.29. The molecule has 0 aliphatic carbocycles. The van der Waals surface area contributed by atoms with Gasteiger partial charge < -0.3 is 10.1 Å². The van der Waals surface area contributed by atoms with Crippen LogP contribution >= 0.6 is 0 Å². The van der Waals surface area contributed by atoms with Crippen LogP contribution in [-0.4, -0.2) is 23.1 Å². The Balaban J connectivity index is 2.57. The number of anilines is 1. The Hall–Kier alpha value is -2.10. The van der Waals surface area contributed by atoms with E-state index in [4.69, 9.17) is 4.74 Å². The second-order valence-electron chi connectivity index (χ2n) is 4.55. The average molecular weight is 271 g/mol. The van der Waals surface area contributed by atoms with Crippen LogP contribution in [0, 0.1) is 13.8 Å². The van der Waals surface area contributed by atoms with E-state index in [9.17, 15) is 0 Å². The lowest BCUT2D eigenvalue weighted by Gasteiger charge is -2.15. The van der Waals surface area contributed by atoms with E-state index in [1.807, 2.05) is 45.0 Å². The van der Waals surface area contributed by atoms with Gasteiger partial charge in [-0.1, -0.05) is 12.1 Å². The van der Waals surface area contributed by atoms with Gasteiger partial charge >= 0.3 is 0 Å². The molecule has 2 aromatic rings. The number of benzene rings is 1. The van der Waals surface area contributed by atoms with Crippen LogP contribution in [-0.2, 0) is 0 Å². The Morgan fingerprint density at radius 1 is 1.10 bits per heavy atom. The van der Waals surface area contributed by atoms with Crippen LogP contribution in [0.25, 0.3) is 11.3 Å². The first-order valence-electron chi connectivity index (χ1n) is 6.98. The zero-order valence-electron chi connectivity index (χ0n) is 12.5. The fourth-order valence-electron chi connectivity index (χ4n) is 2.17. The molecule has 4 heteroatoms. The van der Waals surface area contributed by atoms with Gasteiger partial charge in [-0.15, -0.1) is 0 Å². The van der Waals surface area contributed by atoms with E-state index in [2.05, 4.69) is 22.2 Å². The van der Waals surface area contributed by atoms with Gasteiger partial charge in [0, 0.05) is 17.7 Å². The molecule has 0 aliphatic heterocycles. The van der Waals surface area contributed by atoms with Crippen molar-refractivity contribution in [2.75, 3.05) is 18.5 Å². The SMILES string of the molecule is CCNc1nc(C)nc(-c2ccccc2OCC)c1C. The smallest absolute Gasteiger partial charge is 0.133 e. The number of nitrogens with zero attached hydrogens (tertiary/aromatic N) is 2. The first kappa shape index (κ1) is 14.3. The third-order valence-corrected chi connectivity index (χ3v) is 3.04. The number of hydrogen-bond acceptors (Lipinski definition) is 4. The quantitative estimate of drug-likeness (QED) is 0.902. The van der Waals surface area contributed by atoms with Gasteiger partial charge in [0.25, 0.3) is 0 Å². The summed E-state index contributed by atoms with van der Waals surface area (Å²) in [5.74, 6) is 2.51. The molecule has 0 bridgehead atoms. The molecule has 20 heavy (non-hydrogen) atoms. The largest absolute Gasteiger partial charge is 0.493 e. The van der Waals surface area contributed by atoms with Crippen molar-refractivity contribution in [1.82, 2.24) is 9.97 Å². The van der Waals surface area contributed by atoms with E-state index in [0.717, 1.165) is 40.8 Å². The molecule has 0 amide bonds. The molecule has 0 atom stereocenters. The number of aryl methyl sites for hydroxylation is 1. The van der Waals surface area contributed by atoms with Gasteiger partial charge in [0.05, 0.1) is 12.3 Å². The second kappa shape index (κ2) is 6.37. The van der Waals surface area contributed by atoms with Crippen LogP contribution in [0.2, 0.25) is 0 Å². The minimum atomic E-state index is 0.639. The molecule has 1 aromatic heterocycles. The normalized spacial score (nSPS) is 10.4. The molecule has 4 nitrogen and oxygen atoms in total. The molecule has 0 saturated heterocycles. The maximum atomic E-state index is 5.71. The van der Waals surface area contributed by atoms with Gasteiger partial charge in [-0.3, -0.25) is 0 Å². The highest BCUT2D eigenvalue weighted by Crippen LogP contribution is 2.32. The van der Waals surface area contributed by atoms with Gasteiger partial charge in [0.15, 0.2) is 0 Å². The van der Waals surface area contributed by atoms with E-state index < -0.39 is 0 Å². The Morgan fingerprint density at radius 3 is 2.55 bits per heavy atom. The summed E-state index contributed by atoms with van der Waals surface area (Å²) in [6, 6.07) is 7.99. The number of para-hydroxylation sites is 1. The Morgan fingerprint density at radius 2 is 1.85 bits per heavy atom. The molecule has 1 aromatic carbocycles. The van der Waals surface area contributed by atoms with Crippen LogP contribution in [0.5, 0.6) is 5.75 Å². The number of aromatic nitrogens is 2. The molecule has 0 radical (unpaired) electrons. The second-order valence-corrected chi connectivity index (χ2v) is 4.55. The fourth-order valence-corrected chi connectivity index (χ4v) is 2.17. The first-order valence-corrected chi connectivity index (χ1v) is 6.98. The number of nitrogens with one attached hydrogen (secondary N) is 1. The predicted molar refractivity (Wildman–Crippen MR) is 82.3 cm³/mol. The van der Waals surface area contributed by atoms with E-state index >= 15 is 0 Å². The molecule has 1 N–H and O–H groups in total. The molecule has 0 spiro atoms. The van der Waals surface area contributed by atoms with Crippen LogP contribution < -0.4 is 10.1 Å². The third-order valence-electron chi connectivity index (χ3n) is 3.04. The van der Waals surface area contributed by atoms with Gasteiger partial charge in [0.1, 0.15) is 17.4 Å². The summed E-state index contributed by atoms with van der Waals surface area (Å²) in [7, 11) is 0. The van der Waals surface area contributed by atoms with Crippen molar-refractivity contribution in [3.05, 3.63) is 35.7 Å². The first-order chi connectivity index (χ1) is 9.67. The molecule has 0 fully saturated rings. The Bertz CT molecular complexity index is 596. The molecule has 2 rings (SSSR count). The fraction of sp³-hybridized carbons (Fsp3) is 0.375. The van der Waals surface area contributed by atoms with Crippen LogP contribution in [0.15, 0.2) is 24.3 Å². The van der Waals surface area contributed by atoms with Crippen molar-refractivity contribution in [2.45, 2.75) is 27.7 Å². The summed E-state index contributed by atoms with van der Waals surface area (Å²) in [6.45, 7) is 9.47. The van der Waals surface area contributed by atoms with Crippen molar-refractivity contribution < 1.29 is 4.74 Å². The highest BCUT2D eigenvalue weighted by atomic mass is 16.5. The maximum Gasteiger partial charge on any atom is 0.133 e. The standard InChI is InChI=1S/C16H21N3O/c1-5-17-16-11(3)15(18-12(4)19-16)13-9-7-8-10-14(13)20-6-2/h7-10H,5-6H2,1-4H3,(H,17,18,19). The summed E-state index contributed by atoms with van der Waals surface area (Å²) in [4.78, 5) is 9.06. The van der Waals surface area contributed by atoms with E-state index in [1.165, 1.54) is 0 Å². The van der Waals surface area contributed by atoms with Crippen molar-refractivity contribution >= 4 is 5.82 Å². The summed E-state index contributed by atoms with van der Waals surface area (Å²) in [5.41, 5.74) is 2.98. The van der Waals surface area contributed by atoms with Gasteiger partial charge in [-0.25, -0.2) is 9.97 Å². The molecule has 1 heterocycles. The summed E-state index contributed by atoms with van der Waals surface area (Å²) < 4.78 is 5.71. The van der Waals surface area contributed by atoms with Crippen LogP contribution in [0.1, 0.15) is 25.2 Å². The van der Waals surface area contributed by atoms with Crippen molar-refractivity contribution in [3.8, 4) is 17.0 Å². The molecule has 106 valence electrons. The number of ether oxygens (including phenoxy) is 1. The maximum absolute atomic E-state index is 5.71. The molecule has 0 unspecified atom stereocenters. The van der Waals surface area contributed by atoms with E-state index in [-0.39, 0.29) is 0 Å². The van der Waals surface area contributed by atoms with Crippen molar-refractivity contribution in [3.63, 3.8) is 0 Å². The lowest BCUT2D eigenvalue weighted by atomic mass is 10.1. The molecular weight excluding hydrogens is 250 g/mol. The molecule has 0 saturated carbocycles. The van der Waals surface area contributed by atoms with Gasteiger partial charge in [0.2, 0.25) is 0 Å². The topological polar surface area (TPSA) is 47.0 Å². The third kappa shape index (κ3) is 2.90. The number of rotatable bonds is 5. The number of hydrogen-bond donors (Lipinski definition) is 1. The highest BCUT2D eigenvalue weighted by Gasteiger charge is 2.14. The lowest BCUT2D eigenvalue weighted by Crippen LogP contribution is -2.06. The average Bonchev–Trinajstić information content (AvgIpc) is 2.44. The summed E-state index contributed by atoms with van der Waals surface area (Å²) in [6.07, 6.45) is 0. The van der Waals surface area contributed by atoms with Crippen molar-refractivity contribution in [1.29, 1.82) is 0 Å². The zero-order chi connectivity index (χ0) is 14.5. The minimum absolute atomic E-state index is 0.639. The van der Waals surface area contributed by atoms with Crippen LogP contribution in [0.3, 0.4) is 0 Å². The predicted octanol–water partition coefficient (Wildman–Crippen LogP) is 3.59. The molecular formula is C16H21N3O. The van der Waals surface area contributed by atoms with Crippen LogP contribution in [0.4, 0.5) is 5.82 Å². The monoisotopic (exact) mass is 271 g/mol. The summed E-state index contributed by atoms with van der Waals surface area (Å²) >= 11 is 0. The highest BCUT2D eigenvalue weighted by molar-refractivity contribution is 5.73. The zero-order valence-corrected chi connectivity index (χ0v) is 12.5. The molecule has 0 aliphatic rings. The lowest BCUT2D eigenvalue weighted by molar-refractivity contribution is 0.341. The van der Waals surface area contributed by atoms with Crippen molar-refractivity contribution in [2.24, 2.45) is 0 Å². The van der Waals surface area contributed by atoms with E-state index in [1.54, 1.807) is 0 Å². The van der Waals surface area contributed by atoms with Gasteiger partial charge in [-0.2, -0.15) is 0 Å². The minimum Gasteiger partial charge on any atom is -0.493 e.